The van der Waals surface area contributed by atoms with Gasteiger partial charge in [-0.25, -0.2) is 0 Å². The summed E-state index contributed by atoms with van der Waals surface area (Å²) in [6, 6.07) is 21.1. The lowest BCUT2D eigenvalue weighted by Crippen LogP contribution is -2.56. The number of nitrogens with one attached hydrogen (secondary N) is 4. The van der Waals surface area contributed by atoms with E-state index in [9.17, 15) is 0 Å². The van der Waals surface area contributed by atoms with E-state index >= 15 is 0 Å². The minimum Gasteiger partial charge on any atom is -0.359 e. The predicted octanol–water partition coefficient (Wildman–Crippen LogP) is 3.63. The van der Waals surface area contributed by atoms with Gasteiger partial charge in [0.1, 0.15) is 0 Å². The van der Waals surface area contributed by atoms with E-state index in [-0.39, 0.29) is 12.1 Å². The van der Waals surface area contributed by atoms with Crippen LogP contribution in [0.15, 0.2) is 60.7 Å². The maximum Gasteiger partial charge on any atom is 0.166 e. The molecule has 0 spiro atoms. The molecule has 0 bridgehead atoms. The van der Waals surface area contributed by atoms with Gasteiger partial charge in [0.2, 0.25) is 0 Å². The summed E-state index contributed by atoms with van der Waals surface area (Å²) in [6.45, 7) is 1.46. The van der Waals surface area contributed by atoms with Crippen LogP contribution in [0.1, 0.15) is 36.8 Å². The Balaban J connectivity index is 1.45. The van der Waals surface area contributed by atoms with Gasteiger partial charge in [0.25, 0.3) is 0 Å². The van der Waals surface area contributed by atoms with E-state index in [1.165, 1.54) is 24.0 Å². The monoisotopic (exact) mass is 412 g/mol. The van der Waals surface area contributed by atoms with Crippen LogP contribution in [0.4, 0.5) is 0 Å². The number of hydrogen-bond acceptors (Lipinski definition) is 2. The van der Waals surface area contributed by atoms with E-state index < -0.39 is 0 Å². The van der Waals surface area contributed by atoms with Gasteiger partial charge in [-0.05, 0) is 48.4 Å². The van der Waals surface area contributed by atoms with Gasteiger partial charge in [-0.15, -0.1) is 0 Å². The third kappa shape index (κ3) is 6.77. The normalized spacial score (nSPS) is 18.7. The van der Waals surface area contributed by atoms with Crippen molar-refractivity contribution in [2.75, 3.05) is 0 Å². The van der Waals surface area contributed by atoms with E-state index in [0.717, 1.165) is 25.9 Å². The summed E-state index contributed by atoms with van der Waals surface area (Å²) >= 11 is 11.0. The maximum atomic E-state index is 5.52. The first-order valence-corrected chi connectivity index (χ1v) is 10.7. The smallest absolute Gasteiger partial charge is 0.166 e. The minimum atomic E-state index is 0.279. The van der Waals surface area contributed by atoms with Crippen molar-refractivity contribution >= 4 is 34.7 Å². The molecule has 4 nitrogen and oxygen atoms in total. The third-order valence-electron chi connectivity index (χ3n) is 4.99. The molecule has 1 aliphatic carbocycles. The fraction of sp³-hybridized carbons (Fsp3) is 0.364. The Bertz CT molecular complexity index is 686. The second kappa shape index (κ2) is 11.0. The summed E-state index contributed by atoms with van der Waals surface area (Å²) in [5, 5.41) is 15.0. The predicted molar refractivity (Wildman–Crippen MR) is 124 cm³/mol. The highest BCUT2D eigenvalue weighted by Gasteiger charge is 2.26. The van der Waals surface area contributed by atoms with Crippen molar-refractivity contribution in [3.05, 3.63) is 71.8 Å². The molecule has 0 amide bonds. The summed E-state index contributed by atoms with van der Waals surface area (Å²) in [7, 11) is 0. The lowest BCUT2D eigenvalue weighted by Gasteiger charge is -2.34. The van der Waals surface area contributed by atoms with Crippen molar-refractivity contribution in [2.24, 2.45) is 0 Å². The molecule has 0 unspecified atom stereocenters. The summed E-state index contributed by atoms with van der Waals surface area (Å²) in [5.41, 5.74) is 2.44. The maximum absolute atomic E-state index is 5.52. The Morgan fingerprint density at radius 3 is 1.46 bits per heavy atom. The molecule has 2 aromatic carbocycles. The summed E-state index contributed by atoms with van der Waals surface area (Å²) < 4.78 is 0. The van der Waals surface area contributed by atoms with E-state index in [1.54, 1.807) is 0 Å². The topological polar surface area (TPSA) is 48.1 Å². The van der Waals surface area contributed by atoms with Crippen molar-refractivity contribution in [1.82, 2.24) is 21.3 Å². The Morgan fingerprint density at radius 2 is 1.07 bits per heavy atom. The molecule has 2 atom stereocenters. The molecule has 3 rings (SSSR count). The van der Waals surface area contributed by atoms with Gasteiger partial charge < -0.3 is 21.3 Å². The quantitative estimate of drug-likeness (QED) is 0.544. The molecule has 1 aliphatic rings. The Morgan fingerprint density at radius 1 is 0.679 bits per heavy atom. The highest BCUT2D eigenvalue weighted by Crippen LogP contribution is 2.18. The Labute approximate surface area is 178 Å². The summed E-state index contributed by atoms with van der Waals surface area (Å²) in [6.07, 6.45) is 4.60. The molecular weight excluding hydrogens is 384 g/mol. The van der Waals surface area contributed by atoms with Crippen LogP contribution in [-0.2, 0) is 13.1 Å². The highest BCUT2D eigenvalue weighted by atomic mass is 32.1. The molecule has 4 N–H and O–H groups in total. The van der Waals surface area contributed by atoms with E-state index in [1.807, 2.05) is 36.4 Å². The largest absolute Gasteiger partial charge is 0.359 e. The van der Waals surface area contributed by atoms with Crippen molar-refractivity contribution in [1.29, 1.82) is 0 Å². The van der Waals surface area contributed by atoms with Gasteiger partial charge in [0.15, 0.2) is 10.2 Å². The van der Waals surface area contributed by atoms with Crippen LogP contribution in [0.3, 0.4) is 0 Å². The number of benzene rings is 2. The SMILES string of the molecule is S=C(NCc1ccccc1)N[C@H]1CCCC[C@@H]1NC(=S)NCc1ccccc1. The van der Waals surface area contributed by atoms with Crippen LogP contribution >= 0.6 is 24.4 Å². The van der Waals surface area contributed by atoms with Gasteiger partial charge in [-0.2, -0.15) is 0 Å². The van der Waals surface area contributed by atoms with Gasteiger partial charge in [0.05, 0.1) is 0 Å². The Hall–Kier alpha value is -2.18. The van der Waals surface area contributed by atoms with Crippen LogP contribution < -0.4 is 21.3 Å². The average molecular weight is 413 g/mol. The van der Waals surface area contributed by atoms with Crippen molar-refractivity contribution in [3.63, 3.8) is 0 Å². The van der Waals surface area contributed by atoms with E-state index in [2.05, 4.69) is 45.5 Å². The zero-order valence-corrected chi connectivity index (χ0v) is 17.6. The second-order valence-corrected chi connectivity index (χ2v) is 7.94. The molecule has 1 saturated carbocycles. The number of rotatable bonds is 6. The first-order chi connectivity index (χ1) is 13.7. The van der Waals surface area contributed by atoms with Gasteiger partial charge in [-0.1, -0.05) is 73.5 Å². The molecule has 28 heavy (non-hydrogen) atoms. The molecule has 0 heterocycles. The molecular formula is C22H28N4S2. The standard InChI is InChI=1S/C22H28N4S2/c27-21(23-15-17-9-3-1-4-10-17)25-19-13-7-8-14-20(19)26-22(28)24-16-18-11-5-2-6-12-18/h1-6,9-12,19-20H,7-8,13-16H2,(H2,23,25,27)(H2,24,26,28)/t19-,20-/m0/s1. The fourth-order valence-electron chi connectivity index (χ4n) is 3.47. The molecule has 2 aromatic rings. The van der Waals surface area contributed by atoms with Crippen LogP contribution in [-0.4, -0.2) is 22.3 Å². The molecule has 148 valence electrons. The third-order valence-corrected chi connectivity index (χ3v) is 5.52. The van der Waals surface area contributed by atoms with Gasteiger partial charge >= 0.3 is 0 Å². The summed E-state index contributed by atoms with van der Waals surface area (Å²) in [5.74, 6) is 0. The zero-order valence-electron chi connectivity index (χ0n) is 16.0. The minimum absolute atomic E-state index is 0.279. The van der Waals surface area contributed by atoms with Crippen molar-refractivity contribution < 1.29 is 0 Å². The van der Waals surface area contributed by atoms with Gasteiger partial charge in [-0.3, -0.25) is 0 Å². The Kier molecular flexibility index (Phi) is 8.06. The van der Waals surface area contributed by atoms with Crippen molar-refractivity contribution in [3.8, 4) is 0 Å². The molecule has 0 aromatic heterocycles. The molecule has 0 aliphatic heterocycles. The summed E-state index contributed by atoms with van der Waals surface area (Å²) in [4.78, 5) is 0. The van der Waals surface area contributed by atoms with Crippen LogP contribution in [0.2, 0.25) is 0 Å². The van der Waals surface area contributed by atoms with Crippen LogP contribution in [0.5, 0.6) is 0 Å². The average Bonchev–Trinajstić information content (AvgIpc) is 2.74. The first kappa shape index (κ1) is 20.6. The molecule has 0 radical (unpaired) electrons. The second-order valence-electron chi connectivity index (χ2n) is 7.12. The van der Waals surface area contributed by atoms with Crippen LogP contribution in [0.25, 0.3) is 0 Å². The van der Waals surface area contributed by atoms with E-state index in [4.69, 9.17) is 24.4 Å². The zero-order chi connectivity index (χ0) is 19.6. The first-order valence-electron chi connectivity index (χ1n) is 9.87. The highest BCUT2D eigenvalue weighted by molar-refractivity contribution is 7.80. The molecule has 1 fully saturated rings. The number of hydrogen-bond donors (Lipinski definition) is 4. The van der Waals surface area contributed by atoms with Crippen molar-refractivity contribution in [2.45, 2.75) is 50.9 Å². The molecule has 6 heteroatoms. The fourth-order valence-corrected chi connectivity index (χ4v) is 3.92. The van der Waals surface area contributed by atoms with Crippen LogP contribution in [0, 0.1) is 0 Å². The number of thiocarbonyl (C=S) groups is 2. The lowest BCUT2D eigenvalue weighted by atomic mass is 9.90. The van der Waals surface area contributed by atoms with Gasteiger partial charge in [0, 0.05) is 25.2 Å². The van der Waals surface area contributed by atoms with E-state index in [0.29, 0.717) is 10.2 Å². The lowest BCUT2D eigenvalue weighted by molar-refractivity contribution is 0.336. The molecule has 0 saturated heterocycles.